The van der Waals surface area contributed by atoms with E-state index in [0.29, 0.717) is 7.18 Å². The van der Waals surface area contributed by atoms with Crippen molar-refractivity contribution in [2.45, 2.75) is 39.0 Å². The predicted octanol–water partition coefficient (Wildman–Crippen LogP) is 5.49. The first-order valence-electron chi connectivity index (χ1n) is 8.18. The zero-order valence-electron chi connectivity index (χ0n) is 16.2. The van der Waals surface area contributed by atoms with Gasteiger partial charge < -0.3 is 14.0 Å². The second kappa shape index (κ2) is 19.1. The van der Waals surface area contributed by atoms with E-state index in [-0.39, 0.29) is 12.3 Å². The second-order valence-corrected chi connectivity index (χ2v) is 4.41. The Balaban J connectivity index is 0. The van der Waals surface area contributed by atoms with Crippen LogP contribution in [-0.2, 0) is 9.47 Å². The molecular formula is C19H32BrFN2O2. The topological polar surface area (TPSA) is 36.3 Å². The standard InChI is InChI=1S/C15H20N2O2.C2H6.CH3Br.CH3F/c1-18-15(19-2)9-8-14(17-11-10-16-12-17)13-6-4-3-5-7-13;3*1-2/h3-7,10-12,14-15H,8-9H2,1-2H3;1-2H3;2*1H3. The van der Waals surface area contributed by atoms with Gasteiger partial charge in [-0.1, -0.05) is 60.1 Å². The van der Waals surface area contributed by atoms with E-state index in [1.165, 1.54) is 5.56 Å². The van der Waals surface area contributed by atoms with E-state index in [1.54, 1.807) is 20.4 Å². The fourth-order valence-electron chi connectivity index (χ4n) is 2.24. The number of imidazole rings is 1. The van der Waals surface area contributed by atoms with Crippen molar-refractivity contribution in [2.24, 2.45) is 0 Å². The van der Waals surface area contributed by atoms with Gasteiger partial charge in [0.2, 0.25) is 0 Å². The van der Waals surface area contributed by atoms with Gasteiger partial charge in [-0.05, 0) is 17.8 Å². The molecule has 0 spiro atoms. The minimum Gasteiger partial charge on any atom is -0.356 e. The maximum Gasteiger partial charge on any atom is 0.156 e. The van der Waals surface area contributed by atoms with Crippen molar-refractivity contribution < 1.29 is 13.9 Å². The lowest BCUT2D eigenvalue weighted by Crippen LogP contribution is -2.17. The molecule has 0 aliphatic heterocycles. The van der Waals surface area contributed by atoms with Gasteiger partial charge in [-0.25, -0.2) is 4.98 Å². The summed E-state index contributed by atoms with van der Waals surface area (Å²) in [5.74, 6) is 1.81. The Morgan fingerprint density at radius 1 is 1.04 bits per heavy atom. The molecule has 0 saturated carbocycles. The number of hydrogen-bond acceptors (Lipinski definition) is 3. The molecule has 1 unspecified atom stereocenters. The molecule has 0 aliphatic carbocycles. The van der Waals surface area contributed by atoms with Crippen molar-refractivity contribution in [3.05, 3.63) is 54.6 Å². The van der Waals surface area contributed by atoms with Gasteiger partial charge in [-0.15, -0.1) is 0 Å². The molecule has 1 atom stereocenters. The van der Waals surface area contributed by atoms with Crippen LogP contribution in [0.2, 0.25) is 0 Å². The van der Waals surface area contributed by atoms with Gasteiger partial charge in [0, 0.05) is 33.0 Å². The Morgan fingerprint density at radius 2 is 1.60 bits per heavy atom. The normalized spacial score (nSPS) is 10.4. The molecule has 0 fully saturated rings. The highest BCUT2D eigenvalue weighted by atomic mass is 79.9. The van der Waals surface area contributed by atoms with Crippen molar-refractivity contribution in [2.75, 3.05) is 27.2 Å². The summed E-state index contributed by atoms with van der Waals surface area (Å²) in [6, 6.07) is 10.7. The highest BCUT2D eigenvalue weighted by Crippen LogP contribution is 2.24. The van der Waals surface area contributed by atoms with E-state index in [2.05, 4.69) is 49.7 Å². The number of alkyl halides is 2. The highest BCUT2D eigenvalue weighted by molar-refractivity contribution is 9.08. The van der Waals surface area contributed by atoms with E-state index in [9.17, 15) is 4.39 Å². The largest absolute Gasteiger partial charge is 0.356 e. The molecule has 2 aromatic rings. The Labute approximate surface area is 160 Å². The number of benzene rings is 1. The zero-order valence-corrected chi connectivity index (χ0v) is 17.7. The van der Waals surface area contributed by atoms with Crippen molar-refractivity contribution in [1.29, 1.82) is 0 Å². The Bertz CT molecular complexity index is 466. The van der Waals surface area contributed by atoms with Crippen LogP contribution in [0.5, 0.6) is 0 Å². The lowest BCUT2D eigenvalue weighted by molar-refractivity contribution is -0.108. The lowest BCUT2D eigenvalue weighted by Gasteiger charge is -2.21. The number of hydrogen-bond donors (Lipinski definition) is 0. The summed E-state index contributed by atoms with van der Waals surface area (Å²) in [7, 11) is 3.84. The summed E-state index contributed by atoms with van der Waals surface area (Å²) in [6.45, 7) is 4.00. The molecule has 0 N–H and O–H groups in total. The molecule has 2 rings (SSSR count). The SMILES string of the molecule is CBr.CC.CF.COC(CCC(c1ccccc1)n1ccnc1)OC. The molecule has 4 nitrogen and oxygen atoms in total. The molecule has 1 heterocycles. The maximum absolute atomic E-state index is 9.50. The van der Waals surface area contributed by atoms with Gasteiger partial charge in [-0.3, -0.25) is 4.39 Å². The van der Waals surface area contributed by atoms with Crippen LogP contribution in [0, 0.1) is 0 Å². The van der Waals surface area contributed by atoms with Crippen molar-refractivity contribution in [1.82, 2.24) is 9.55 Å². The third kappa shape index (κ3) is 10.4. The first-order valence-corrected chi connectivity index (χ1v) is 9.77. The number of nitrogens with zero attached hydrogens (tertiary/aromatic N) is 2. The fraction of sp³-hybridized carbons (Fsp3) is 0.526. The number of methoxy groups -OCH3 is 2. The van der Waals surface area contributed by atoms with Crippen LogP contribution >= 0.6 is 15.9 Å². The average Bonchev–Trinajstić information content (AvgIpc) is 3.25. The quantitative estimate of drug-likeness (QED) is 0.440. The molecule has 0 aliphatic rings. The molecule has 144 valence electrons. The van der Waals surface area contributed by atoms with E-state index >= 15 is 0 Å². The molecule has 0 bridgehead atoms. The summed E-state index contributed by atoms with van der Waals surface area (Å²) in [4.78, 5) is 4.14. The predicted molar refractivity (Wildman–Crippen MR) is 107 cm³/mol. The molecule has 0 saturated heterocycles. The van der Waals surface area contributed by atoms with Crippen LogP contribution in [0.25, 0.3) is 0 Å². The summed E-state index contributed by atoms with van der Waals surface area (Å²) in [6.07, 6.45) is 7.27. The molecule has 6 heteroatoms. The summed E-state index contributed by atoms with van der Waals surface area (Å²) in [5, 5.41) is 0. The molecule has 1 aromatic carbocycles. The van der Waals surface area contributed by atoms with Gasteiger partial charge in [0.1, 0.15) is 0 Å². The molecule has 1 aromatic heterocycles. The van der Waals surface area contributed by atoms with Crippen LogP contribution < -0.4 is 0 Å². The third-order valence-corrected chi connectivity index (χ3v) is 3.27. The Kier molecular flexibility index (Phi) is 19.8. The van der Waals surface area contributed by atoms with Crippen LogP contribution in [0.4, 0.5) is 4.39 Å². The first kappa shape index (κ1) is 26.0. The molecule has 0 amide bonds. The number of ether oxygens (including phenoxy) is 2. The van der Waals surface area contributed by atoms with E-state index in [1.807, 2.05) is 38.3 Å². The minimum absolute atomic E-state index is 0.158. The lowest BCUT2D eigenvalue weighted by atomic mass is 10.0. The maximum atomic E-state index is 9.50. The van der Waals surface area contributed by atoms with Gasteiger partial charge in [0.15, 0.2) is 6.29 Å². The highest BCUT2D eigenvalue weighted by Gasteiger charge is 2.15. The average molecular weight is 419 g/mol. The summed E-state index contributed by atoms with van der Waals surface area (Å²) < 4.78 is 22.1. The molecular weight excluding hydrogens is 387 g/mol. The zero-order chi connectivity index (χ0) is 19.5. The van der Waals surface area contributed by atoms with Crippen molar-refractivity contribution in [3.63, 3.8) is 0 Å². The van der Waals surface area contributed by atoms with Crippen LogP contribution in [0.15, 0.2) is 49.1 Å². The third-order valence-electron chi connectivity index (χ3n) is 3.27. The fourth-order valence-corrected chi connectivity index (χ4v) is 2.24. The smallest absolute Gasteiger partial charge is 0.156 e. The second-order valence-electron chi connectivity index (χ2n) is 4.41. The van der Waals surface area contributed by atoms with Gasteiger partial charge in [0.05, 0.1) is 19.5 Å². The number of halogens is 2. The van der Waals surface area contributed by atoms with Crippen LogP contribution in [-0.4, -0.2) is 43.1 Å². The summed E-state index contributed by atoms with van der Waals surface area (Å²) >= 11 is 2.94. The summed E-state index contributed by atoms with van der Waals surface area (Å²) in [5.41, 5.74) is 1.27. The van der Waals surface area contributed by atoms with E-state index in [0.717, 1.165) is 12.8 Å². The number of rotatable bonds is 7. The molecule has 0 radical (unpaired) electrons. The van der Waals surface area contributed by atoms with Crippen LogP contribution in [0.1, 0.15) is 38.3 Å². The Hall–Kier alpha value is -1.24. The van der Waals surface area contributed by atoms with Gasteiger partial charge in [0.25, 0.3) is 0 Å². The minimum atomic E-state index is -0.158. The van der Waals surface area contributed by atoms with E-state index < -0.39 is 0 Å². The molecule has 25 heavy (non-hydrogen) atoms. The van der Waals surface area contributed by atoms with Crippen LogP contribution in [0.3, 0.4) is 0 Å². The van der Waals surface area contributed by atoms with E-state index in [4.69, 9.17) is 9.47 Å². The number of aromatic nitrogens is 2. The van der Waals surface area contributed by atoms with Gasteiger partial charge >= 0.3 is 0 Å². The Morgan fingerprint density at radius 3 is 2.04 bits per heavy atom. The first-order chi connectivity index (χ1) is 12.3. The van der Waals surface area contributed by atoms with Crippen molar-refractivity contribution in [3.8, 4) is 0 Å². The van der Waals surface area contributed by atoms with Gasteiger partial charge in [-0.2, -0.15) is 0 Å². The van der Waals surface area contributed by atoms with Crippen molar-refractivity contribution >= 4 is 15.9 Å². The monoisotopic (exact) mass is 418 g/mol.